The smallest absolute Gasteiger partial charge is 0.235 e. The lowest BCUT2D eigenvalue weighted by atomic mass is 9.97. The maximum atomic E-state index is 12.1. The molecule has 0 saturated carbocycles. The van der Waals surface area contributed by atoms with Crippen LogP contribution < -0.4 is 5.32 Å². The lowest BCUT2D eigenvalue weighted by molar-refractivity contribution is -0.121. The molecule has 0 saturated heterocycles. The van der Waals surface area contributed by atoms with Gasteiger partial charge in [0.15, 0.2) is 0 Å². The van der Waals surface area contributed by atoms with Gasteiger partial charge in [-0.15, -0.1) is 0 Å². The van der Waals surface area contributed by atoms with E-state index in [0.29, 0.717) is 19.5 Å². The minimum Gasteiger partial charge on any atom is -0.349 e. The van der Waals surface area contributed by atoms with Crippen molar-refractivity contribution in [3.05, 3.63) is 41.7 Å². The molecule has 1 amide bonds. The van der Waals surface area contributed by atoms with Crippen LogP contribution in [-0.4, -0.2) is 43.0 Å². The molecule has 0 aromatic carbocycles. The van der Waals surface area contributed by atoms with Crippen molar-refractivity contribution in [2.45, 2.75) is 38.6 Å². The van der Waals surface area contributed by atoms with Crippen LogP contribution >= 0.6 is 0 Å². The highest BCUT2D eigenvalue weighted by Crippen LogP contribution is 2.20. The summed E-state index contributed by atoms with van der Waals surface area (Å²) in [6.07, 6.45) is 10.2. The van der Waals surface area contributed by atoms with E-state index in [1.165, 1.54) is 16.3 Å². The van der Waals surface area contributed by atoms with Gasteiger partial charge in [0, 0.05) is 12.7 Å². The minimum atomic E-state index is -3.41. The third-order valence-corrected chi connectivity index (χ3v) is 5.30. The highest BCUT2D eigenvalue weighted by Gasteiger charge is 2.20. The van der Waals surface area contributed by atoms with Crippen LogP contribution in [0.4, 0.5) is 0 Å². The van der Waals surface area contributed by atoms with E-state index >= 15 is 0 Å². The van der Waals surface area contributed by atoms with Crippen molar-refractivity contribution in [3.8, 4) is 0 Å². The van der Waals surface area contributed by atoms with Gasteiger partial charge in [0.05, 0.1) is 25.0 Å². The van der Waals surface area contributed by atoms with Crippen LogP contribution in [0.25, 0.3) is 0 Å². The molecule has 24 heavy (non-hydrogen) atoms. The Balaban J connectivity index is 1.86. The second-order valence-corrected chi connectivity index (χ2v) is 8.03. The second kappa shape index (κ2) is 8.94. The van der Waals surface area contributed by atoms with E-state index in [0.717, 1.165) is 31.2 Å². The lowest BCUT2D eigenvalue weighted by Gasteiger charge is -2.21. The van der Waals surface area contributed by atoms with Crippen molar-refractivity contribution in [3.63, 3.8) is 0 Å². The Morgan fingerprint density at radius 1 is 1.33 bits per heavy atom. The van der Waals surface area contributed by atoms with E-state index in [9.17, 15) is 13.2 Å². The summed E-state index contributed by atoms with van der Waals surface area (Å²) in [4.78, 5) is 16.2. The number of hydrogen-bond donors (Lipinski definition) is 1. The van der Waals surface area contributed by atoms with E-state index in [2.05, 4.69) is 16.4 Å². The first kappa shape index (κ1) is 18.6. The molecular formula is C17H25N3O3S. The number of hydrogen-bond acceptors (Lipinski definition) is 4. The Morgan fingerprint density at radius 2 is 2.17 bits per heavy atom. The van der Waals surface area contributed by atoms with Gasteiger partial charge in [-0.1, -0.05) is 17.7 Å². The molecule has 0 fully saturated rings. The molecule has 1 aromatic rings. The largest absolute Gasteiger partial charge is 0.349 e. The summed E-state index contributed by atoms with van der Waals surface area (Å²) in [7, 11) is -3.41. The number of nitrogens with zero attached hydrogens (tertiary/aromatic N) is 2. The van der Waals surface area contributed by atoms with E-state index in [-0.39, 0.29) is 12.5 Å². The summed E-state index contributed by atoms with van der Waals surface area (Å²) in [5, 5.41) is 2.72. The molecule has 1 aliphatic carbocycles. The topological polar surface area (TPSA) is 79.4 Å². The molecule has 0 atom stereocenters. The first-order valence-corrected chi connectivity index (χ1v) is 10.1. The number of sulfonamides is 1. The van der Waals surface area contributed by atoms with E-state index in [1.54, 1.807) is 12.3 Å². The normalized spacial score (nSPS) is 15.2. The molecule has 1 aromatic heterocycles. The summed E-state index contributed by atoms with van der Waals surface area (Å²) in [5.41, 5.74) is 2.04. The Bertz CT molecular complexity index is 672. The zero-order valence-electron chi connectivity index (χ0n) is 14.1. The van der Waals surface area contributed by atoms with Crippen LogP contribution in [0.2, 0.25) is 0 Å². The third-order valence-electron chi connectivity index (χ3n) is 4.05. The summed E-state index contributed by atoms with van der Waals surface area (Å²) in [5.74, 6) is -0.316. The van der Waals surface area contributed by atoms with Crippen molar-refractivity contribution >= 4 is 15.9 Å². The molecule has 2 rings (SSSR count). The molecule has 0 radical (unpaired) electrons. The zero-order chi connectivity index (χ0) is 17.4. The first-order chi connectivity index (χ1) is 11.4. The summed E-state index contributed by atoms with van der Waals surface area (Å²) < 4.78 is 25.1. The quantitative estimate of drug-likeness (QED) is 0.725. The number of allylic oxidation sites excluding steroid dienone is 1. The van der Waals surface area contributed by atoms with Crippen LogP contribution in [0, 0.1) is 0 Å². The number of aromatic nitrogens is 1. The van der Waals surface area contributed by atoms with Crippen molar-refractivity contribution < 1.29 is 13.2 Å². The third kappa shape index (κ3) is 6.41. The zero-order valence-corrected chi connectivity index (χ0v) is 14.9. The van der Waals surface area contributed by atoms with Crippen molar-refractivity contribution in [1.82, 2.24) is 14.6 Å². The molecule has 1 N–H and O–H groups in total. The van der Waals surface area contributed by atoms with Crippen molar-refractivity contribution in [1.29, 1.82) is 0 Å². The van der Waals surface area contributed by atoms with Gasteiger partial charge >= 0.3 is 0 Å². The minimum absolute atomic E-state index is 0.154. The second-order valence-electron chi connectivity index (χ2n) is 6.05. The monoisotopic (exact) mass is 351 g/mol. The van der Waals surface area contributed by atoms with Gasteiger partial charge in [-0.25, -0.2) is 8.42 Å². The van der Waals surface area contributed by atoms with Gasteiger partial charge in [0.25, 0.3) is 0 Å². The molecule has 132 valence electrons. The number of rotatable bonds is 8. The number of amides is 1. The lowest BCUT2D eigenvalue weighted by Crippen LogP contribution is -2.40. The maximum Gasteiger partial charge on any atom is 0.235 e. The van der Waals surface area contributed by atoms with Gasteiger partial charge in [-0.2, -0.15) is 4.31 Å². The molecule has 6 nitrogen and oxygen atoms in total. The van der Waals surface area contributed by atoms with Gasteiger partial charge in [-0.3, -0.25) is 9.78 Å². The van der Waals surface area contributed by atoms with E-state index < -0.39 is 10.0 Å². The fraction of sp³-hybridized carbons (Fsp3) is 0.529. The van der Waals surface area contributed by atoms with Crippen LogP contribution in [0.15, 0.2) is 36.0 Å². The SMILES string of the molecule is CS(=O)(=O)N(CCC1=CCCCC1)CC(=O)NCc1ccccn1. The summed E-state index contributed by atoms with van der Waals surface area (Å²) in [6, 6.07) is 5.45. The number of carbonyl (C=O) groups excluding carboxylic acids is 1. The predicted octanol–water partition coefficient (Wildman–Crippen LogP) is 1.85. The van der Waals surface area contributed by atoms with Crippen molar-refractivity contribution in [2.24, 2.45) is 0 Å². The molecule has 0 aliphatic heterocycles. The molecule has 0 unspecified atom stereocenters. The Hall–Kier alpha value is -1.73. The number of carbonyl (C=O) groups is 1. The number of nitrogens with one attached hydrogen (secondary N) is 1. The molecule has 1 heterocycles. The average Bonchev–Trinajstić information content (AvgIpc) is 2.57. The average molecular weight is 351 g/mol. The number of pyridine rings is 1. The highest BCUT2D eigenvalue weighted by molar-refractivity contribution is 7.88. The van der Waals surface area contributed by atoms with Crippen LogP contribution in [0.5, 0.6) is 0 Å². The Kier molecular flexibility index (Phi) is 6.93. The summed E-state index contributed by atoms with van der Waals surface area (Å²) >= 11 is 0. The first-order valence-electron chi connectivity index (χ1n) is 8.25. The van der Waals surface area contributed by atoms with Crippen LogP contribution in [0.3, 0.4) is 0 Å². The summed E-state index contributed by atoms with van der Waals surface area (Å²) in [6.45, 7) is 0.489. The van der Waals surface area contributed by atoms with E-state index in [1.807, 2.05) is 12.1 Å². The standard InChI is InChI=1S/C17H25N3O3S/c1-24(22,23)20(12-10-15-7-3-2-4-8-15)14-17(21)19-13-16-9-5-6-11-18-16/h5-7,9,11H,2-4,8,10,12-14H2,1H3,(H,19,21). The van der Waals surface area contributed by atoms with Crippen molar-refractivity contribution in [2.75, 3.05) is 19.3 Å². The van der Waals surface area contributed by atoms with Crippen LogP contribution in [0.1, 0.15) is 37.8 Å². The molecule has 1 aliphatic rings. The van der Waals surface area contributed by atoms with Crippen LogP contribution in [-0.2, 0) is 21.4 Å². The van der Waals surface area contributed by atoms with E-state index in [4.69, 9.17) is 0 Å². The van der Waals surface area contributed by atoms with Gasteiger partial charge in [0.2, 0.25) is 15.9 Å². The molecular weight excluding hydrogens is 326 g/mol. The van der Waals surface area contributed by atoms with Gasteiger partial charge in [-0.05, 0) is 44.2 Å². The molecule has 0 bridgehead atoms. The fourth-order valence-electron chi connectivity index (χ4n) is 2.67. The Labute approximate surface area is 144 Å². The molecule has 0 spiro atoms. The molecule has 7 heteroatoms. The van der Waals surface area contributed by atoms with Gasteiger partial charge in [0.1, 0.15) is 0 Å². The Morgan fingerprint density at radius 3 is 2.79 bits per heavy atom. The predicted molar refractivity (Wildman–Crippen MR) is 93.7 cm³/mol. The highest BCUT2D eigenvalue weighted by atomic mass is 32.2. The van der Waals surface area contributed by atoms with Gasteiger partial charge < -0.3 is 5.32 Å². The maximum absolute atomic E-state index is 12.1. The fourth-order valence-corrected chi connectivity index (χ4v) is 3.44.